The molecule has 1 heterocycles. The van der Waals surface area contributed by atoms with Crippen LogP contribution in [0.3, 0.4) is 0 Å². The van der Waals surface area contributed by atoms with Crippen LogP contribution in [0.4, 0.5) is 0 Å². The highest BCUT2D eigenvalue weighted by atomic mass is 16.5. The Labute approximate surface area is 114 Å². The van der Waals surface area contributed by atoms with Gasteiger partial charge in [-0.15, -0.1) is 0 Å². The predicted octanol–water partition coefficient (Wildman–Crippen LogP) is 1.32. The summed E-state index contributed by atoms with van der Waals surface area (Å²) in [5.41, 5.74) is 8.10. The Hall–Kier alpha value is -1.39. The summed E-state index contributed by atoms with van der Waals surface area (Å²) in [6.07, 6.45) is 0.858. The first-order valence-corrected chi connectivity index (χ1v) is 6.85. The Morgan fingerprint density at radius 2 is 2.11 bits per heavy atom. The Balaban J connectivity index is 2.18. The van der Waals surface area contributed by atoms with E-state index in [4.69, 9.17) is 10.5 Å². The van der Waals surface area contributed by atoms with Crippen LogP contribution in [0.15, 0.2) is 24.3 Å². The third kappa shape index (κ3) is 3.14. The van der Waals surface area contributed by atoms with E-state index in [1.807, 2.05) is 13.0 Å². The van der Waals surface area contributed by atoms with Gasteiger partial charge in [-0.1, -0.05) is 31.2 Å². The maximum Gasteiger partial charge on any atom is 0.237 e. The zero-order valence-electron chi connectivity index (χ0n) is 11.6. The van der Waals surface area contributed by atoms with Crippen LogP contribution in [0.2, 0.25) is 0 Å². The van der Waals surface area contributed by atoms with E-state index in [0.717, 1.165) is 19.5 Å². The second-order valence-electron chi connectivity index (χ2n) is 5.02. The third-order valence-corrected chi connectivity index (χ3v) is 3.76. The molecule has 2 N–H and O–H groups in total. The number of aryl methyl sites for hydroxylation is 1. The van der Waals surface area contributed by atoms with E-state index in [1.165, 1.54) is 11.1 Å². The van der Waals surface area contributed by atoms with Gasteiger partial charge in [0.2, 0.25) is 5.91 Å². The van der Waals surface area contributed by atoms with Crippen LogP contribution in [0.25, 0.3) is 0 Å². The second-order valence-corrected chi connectivity index (χ2v) is 5.02. The van der Waals surface area contributed by atoms with Gasteiger partial charge in [-0.05, 0) is 24.5 Å². The number of carbonyl (C=O) groups excluding carboxylic acids is 1. The zero-order chi connectivity index (χ0) is 13.8. The molecule has 1 aromatic carbocycles. The second kappa shape index (κ2) is 6.17. The van der Waals surface area contributed by atoms with E-state index >= 15 is 0 Å². The number of amides is 1. The van der Waals surface area contributed by atoms with E-state index in [2.05, 4.69) is 30.0 Å². The number of rotatable bonds is 4. The molecule has 1 aliphatic rings. The molecule has 19 heavy (non-hydrogen) atoms. The molecule has 0 bridgehead atoms. The molecule has 4 heteroatoms. The molecule has 1 fully saturated rings. The molecule has 1 saturated heterocycles. The van der Waals surface area contributed by atoms with Gasteiger partial charge in [0.15, 0.2) is 0 Å². The quantitative estimate of drug-likeness (QED) is 0.890. The number of ether oxygens (including phenoxy) is 1. The molecule has 4 nitrogen and oxygen atoms in total. The highest BCUT2D eigenvalue weighted by Crippen LogP contribution is 2.19. The summed E-state index contributed by atoms with van der Waals surface area (Å²) in [6, 6.07) is 8.02. The van der Waals surface area contributed by atoms with Gasteiger partial charge >= 0.3 is 0 Å². The SMILES string of the molecule is CCc1ccccc1CN1CCO[C@H](C)[C@H]1C(N)=O. The maximum absolute atomic E-state index is 11.6. The lowest BCUT2D eigenvalue weighted by Gasteiger charge is -2.38. The van der Waals surface area contributed by atoms with Crippen LogP contribution in [0.5, 0.6) is 0 Å². The normalized spacial score (nSPS) is 24.3. The number of hydrogen-bond acceptors (Lipinski definition) is 3. The fourth-order valence-corrected chi connectivity index (χ4v) is 2.75. The Morgan fingerprint density at radius 1 is 1.42 bits per heavy atom. The number of nitrogens with two attached hydrogens (primary N) is 1. The first-order chi connectivity index (χ1) is 9.13. The van der Waals surface area contributed by atoms with Gasteiger partial charge in [0, 0.05) is 13.1 Å². The fraction of sp³-hybridized carbons (Fsp3) is 0.533. The standard InChI is InChI=1S/C15H22N2O2/c1-3-12-6-4-5-7-13(12)10-17-8-9-19-11(2)14(17)15(16)18/h4-7,11,14H,3,8-10H2,1-2H3,(H2,16,18)/t11-,14+/m1/s1. The first-order valence-electron chi connectivity index (χ1n) is 6.85. The van der Waals surface area contributed by atoms with E-state index in [9.17, 15) is 4.79 Å². The van der Waals surface area contributed by atoms with Crippen molar-refractivity contribution in [1.82, 2.24) is 4.90 Å². The third-order valence-electron chi connectivity index (χ3n) is 3.76. The molecule has 0 spiro atoms. The summed E-state index contributed by atoms with van der Waals surface area (Å²) in [4.78, 5) is 13.8. The van der Waals surface area contributed by atoms with Gasteiger partial charge in [-0.2, -0.15) is 0 Å². The maximum atomic E-state index is 11.6. The molecule has 104 valence electrons. The molecule has 1 aliphatic heterocycles. The molecule has 2 rings (SSSR count). The van der Waals surface area contributed by atoms with Crippen LogP contribution in [0, 0.1) is 0 Å². The molecular weight excluding hydrogens is 240 g/mol. The van der Waals surface area contributed by atoms with Crippen LogP contribution >= 0.6 is 0 Å². The smallest absolute Gasteiger partial charge is 0.237 e. The highest BCUT2D eigenvalue weighted by molar-refractivity contribution is 5.80. The van der Waals surface area contributed by atoms with Crippen LogP contribution in [0.1, 0.15) is 25.0 Å². The molecule has 0 saturated carbocycles. The molecule has 0 radical (unpaired) electrons. The topological polar surface area (TPSA) is 55.6 Å². The lowest BCUT2D eigenvalue weighted by molar-refractivity contribution is -0.136. The number of nitrogens with zero attached hydrogens (tertiary/aromatic N) is 1. The van der Waals surface area contributed by atoms with E-state index in [0.29, 0.717) is 6.61 Å². The van der Waals surface area contributed by atoms with E-state index in [1.54, 1.807) is 0 Å². The predicted molar refractivity (Wildman–Crippen MR) is 74.6 cm³/mol. The van der Waals surface area contributed by atoms with Crippen molar-refractivity contribution in [2.24, 2.45) is 5.73 Å². The lowest BCUT2D eigenvalue weighted by atomic mass is 10.0. The summed E-state index contributed by atoms with van der Waals surface area (Å²) in [6.45, 7) is 6.21. The van der Waals surface area contributed by atoms with Gasteiger partial charge in [0.25, 0.3) is 0 Å². The van der Waals surface area contributed by atoms with Crippen molar-refractivity contribution in [1.29, 1.82) is 0 Å². The van der Waals surface area contributed by atoms with Crippen molar-refractivity contribution >= 4 is 5.91 Å². The molecule has 0 aromatic heterocycles. The van der Waals surface area contributed by atoms with Crippen molar-refractivity contribution < 1.29 is 9.53 Å². The van der Waals surface area contributed by atoms with Gasteiger partial charge in [-0.3, -0.25) is 9.69 Å². The van der Waals surface area contributed by atoms with E-state index in [-0.39, 0.29) is 18.1 Å². The van der Waals surface area contributed by atoms with E-state index < -0.39 is 0 Å². The fourth-order valence-electron chi connectivity index (χ4n) is 2.75. The Morgan fingerprint density at radius 3 is 2.74 bits per heavy atom. The van der Waals surface area contributed by atoms with Crippen LogP contribution in [-0.4, -0.2) is 36.1 Å². The summed E-state index contributed by atoms with van der Waals surface area (Å²) in [5, 5.41) is 0. The number of primary amides is 1. The molecule has 1 amide bonds. The minimum absolute atomic E-state index is 0.139. The molecular formula is C15H22N2O2. The molecule has 2 atom stereocenters. The van der Waals surface area contributed by atoms with Gasteiger partial charge < -0.3 is 10.5 Å². The van der Waals surface area contributed by atoms with Crippen molar-refractivity contribution in [2.45, 2.75) is 39.0 Å². The average Bonchev–Trinajstić information content (AvgIpc) is 2.39. The number of carbonyl (C=O) groups is 1. The van der Waals surface area contributed by atoms with Crippen LogP contribution < -0.4 is 5.73 Å². The summed E-state index contributed by atoms with van der Waals surface area (Å²) >= 11 is 0. The first kappa shape index (κ1) is 14.0. The number of morpholine rings is 1. The lowest BCUT2D eigenvalue weighted by Crippen LogP contribution is -2.56. The minimum Gasteiger partial charge on any atom is -0.375 e. The van der Waals surface area contributed by atoms with Gasteiger partial charge in [0.05, 0.1) is 12.7 Å². The Kier molecular flexibility index (Phi) is 4.56. The van der Waals surface area contributed by atoms with Crippen molar-refractivity contribution in [3.05, 3.63) is 35.4 Å². The minimum atomic E-state index is -0.335. The van der Waals surface area contributed by atoms with Gasteiger partial charge in [0.1, 0.15) is 6.04 Å². The molecule has 1 aromatic rings. The van der Waals surface area contributed by atoms with Crippen molar-refractivity contribution in [2.75, 3.05) is 13.2 Å². The molecule has 0 unspecified atom stereocenters. The highest BCUT2D eigenvalue weighted by Gasteiger charge is 2.33. The largest absolute Gasteiger partial charge is 0.375 e. The summed E-state index contributed by atoms with van der Waals surface area (Å²) in [5.74, 6) is -0.304. The summed E-state index contributed by atoms with van der Waals surface area (Å²) in [7, 11) is 0. The van der Waals surface area contributed by atoms with Crippen molar-refractivity contribution in [3.63, 3.8) is 0 Å². The van der Waals surface area contributed by atoms with Gasteiger partial charge in [-0.25, -0.2) is 0 Å². The molecule has 0 aliphatic carbocycles. The average molecular weight is 262 g/mol. The van der Waals surface area contributed by atoms with Crippen LogP contribution in [-0.2, 0) is 22.5 Å². The zero-order valence-corrected chi connectivity index (χ0v) is 11.6. The Bertz CT molecular complexity index is 448. The van der Waals surface area contributed by atoms with Crippen molar-refractivity contribution in [3.8, 4) is 0 Å². The summed E-state index contributed by atoms with van der Waals surface area (Å²) < 4.78 is 5.53. The number of benzene rings is 1. The monoisotopic (exact) mass is 262 g/mol. The number of hydrogen-bond donors (Lipinski definition) is 1.